The third kappa shape index (κ3) is 4.44. The van der Waals surface area contributed by atoms with Gasteiger partial charge in [-0.15, -0.1) is 11.3 Å². The predicted octanol–water partition coefficient (Wildman–Crippen LogP) is 3.25. The summed E-state index contributed by atoms with van der Waals surface area (Å²) in [6, 6.07) is 11.6. The number of carbonyl (C=O) groups is 1. The van der Waals surface area contributed by atoms with E-state index >= 15 is 0 Å². The number of anilines is 3. The van der Waals surface area contributed by atoms with Gasteiger partial charge >= 0.3 is 0 Å². The Kier molecular flexibility index (Phi) is 5.01. The van der Waals surface area contributed by atoms with Gasteiger partial charge in [0, 0.05) is 23.0 Å². The fourth-order valence-corrected chi connectivity index (χ4v) is 3.47. The van der Waals surface area contributed by atoms with Crippen LogP contribution >= 0.6 is 11.3 Å². The third-order valence-corrected chi connectivity index (χ3v) is 5.29. The molecule has 0 bridgehead atoms. The summed E-state index contributed by atoms with van der Waals surface area (Å²) in [6.45, 7) is 1.89. The number of aryl methyl sites for hydroxylation is 1. The van der Waals surface area contributed by atoms with Gasteiger partial charge < -0.3 is 10.6 Å². The highest BCUT2D eigenvalue weighted by molar-refractivity contribution is 7.90. The summed E-state index contributed by atoms with van der Waals surface area (Å²) >= 11 is 1.29. The zero-order valence-electron chi connectivity index (χ0n) is 14.1. The largest absolute Gasteiger partial charge is 0.321 e. The summed E-state index contributed by atoms with van der Waals surface area (Å²) in [6.07, 6.45) is 1.13. The zero-order valence-corrected chi connectivity index (χ0v) is 15.7. The van der Waals surface area contributed by atoms with Crippen molar-refractivity contribution in [1.82, 2.24) is 9.97 Å². The number of pyridine rings is 1. The SMILES string of the molecule is Cc1cccc(Nc2nc(C(=O)Nc3ccc(S(C)(=O)=O)cc3)cs2)n1. The predicted molar refractivity (Wildman–Crippen MR) is 102 cm³/mol. The molecule has 0 radical (unpaired) electrons. The van der Waals surface area contributed by atoms with Crippen molar-refractivity contribution in [3.8, 4) is 0 Å². The number of nitrogens with one attached hydrogen (secondary N) is 2. The molecule has 3 rings (SSSR count). The van der Waals surface area contributed by atoms with Gasteiger partial charge in [0.25, 0.3) is 5.91 Å². The maximum Gasteiger partial charge on any atom is 0.275 e. The van der Waals surface area contributed by atoms with E-state index in [-0.39, 0.29) is 16.5 Å². The lowest BCUT2D eigenvalue weighted by Gasteiger charge is -2.04. The van der Waals surface area contributed by atoms with Gasteiger partial charge in [0.1, 0.15) is 11.5 Å². The first-order chi connectivity index (χ1) is 12.3. The van der Waals surface area contributed by atoms with Crippen LogP contribution in [0.25, 0.3) is 0 Å². The van der Waals surface area contributed by atoms with Crippen molar-refractivity contribution in [1.29, 1.82) is 0 Å². The van der Waals surface area contributed by atoms with Gasteiger partial charge in [-0.05, 0) is 43.3 Å². The second-order valence-electron chi connectivity index (χ2n) is 5.58. The molecule has 0 fully saturated rings. The summed E-state index contributed by atoms with van der Waals surface area (Å²) in [5, 5.41) is 7.94. The fraction of sp³-hybridized carbons (Fsp3) is 0.118. The molecule has 0 aliphatic heterocycles. The van der Waals surface area contributed by atoms with Crippen LogP contribution in [0.15, 0.2) is 52.7 Å². The van der Waals surface area contributed by atoms with E-state index in [1.807, 2.05) is 25.1 Å². The van der Waals surface area contributed by atoms with E-state index in [9.17, 15) is 13.2 Å². The third-order valence-electron chi connectivity index (χ3n) is 3.40. The van der Waals surface area contributed by atoms with Crippen LogP contribution in [0.4, 0.5) is 16.6 Å². The van der Waals surface area contributed by atoms with Crippen LogP contribution in [0.2, 0.25) is 0 Å². The van der Waals surface area contributed by atoms with Crippen LogP contribution in [-0.4, -0.2) is 30.5 Å². The second kappa shape index (κ2) is 7.22. The fourth-order valence-electron chi connectivity index (χ4n) is 2.14. The molecule has 0 saturated carbocycles. The molecule has 0 atom stereocenters. The topological polar surface area (TPSA) is 101 Å². The zero-order chi connectivity index (χ0) is 18.7. The maximum absolute atomic E-state index is 12.3. The van der Waals surface area contributed by atoms with Crippen LogP contribution in [0, 0.1) is 6.92 Å². The van der Waals surface area contributed by atoms with Crippen LogP contribution in [0.5, 0.6) is 0 Å². The summed E-state index contributed by atoms with van der Waals surface area (Å²) in [5.74, 6) is 0.279. The number of nitrogens with zero attached hydrogens (tertiary/aromatic N) is 2. The molecule has 2 heterocycles. The summed E-state index contributed by atoms with van der Waals surface area (Å²) < 4.78 is 22.9. The van der Waals surface area contributed by atoms with E-state index in [0.717, 1.165) is 11.9 Å². The van der Waals surface area contributed by atoms with Gasteiger partial charge in [-0.1, -0.05) is 6.07 Å². The van der Waals surface area contributed by atoms with E-state index in [0.29, 0.717) is 16.6 Å². The Morgan fingerprint density at radius 3 is 2.46 bits per heavy atom. The van der Waals surface area contributed by atoms with E-state index in [2.05, 4.69) is 20.6 Å². The molecule has 3 aromatic rings. The summed E-state index contributed by atoms with van der Waals surface area (Å²) in [5.41, 5.74) is 1.63. The van der Waals surface area contributed by atoms with Crippen molar-refractivity contribution in [2.45, 2.75) is 11.8 Å². The average molecular weight is 388 g/mol. The minimum atomic E-state index is -3.27. The van der Waals surface area contributed by atoms with E-state index in [1.54, 1.807) is 5.38 Å². The number of aromatic nitrogens is 2. The Hall–Kier alpha value is -2.78. The normalized spacial score (nSPS) is 11.2. The number of rotatable bonds is 5. The molecule has 0 unspecified atom stereocenters. The molecule has 1 amide bonds. The molecule has 0 spiro atoms. The molecule has 134 valence electrons. The summed E-state index contributed by atoms with van der Waals surface area (Å²) in [7, 11) is -3.27. The quantitative estimate of drug-likeness (QED) is 0.696. The molecule has 26 heavy (non-hydrogen) atoms. The van der Waals surface area contributed by atoms with Crippen LogP contribution < -0.4 is 10.6 Å². The van der Waals surface area contributed by atoms with Gasteiger partial charge in [0.05, 0.1) is 4.90 Å². The van der Waals surface area contributed by atoms with Crippen LogP contribution in [0.1, 0.15) is 16.2 Å². The van der Waals surface area contributed by atoms with E-state index in [4.69, 9.17) is 0 Å². The van der Waals surface area contributed by atoms with E-state index in [1.165, 1.54) is 35.6 Å². The monoisotopic (exact) mass is 388 g/mol. The number of hydrogen-bond donors (Lipinski definition) is 2. The van der Waals surface area contributed by atoms with Gasteiger partial charge in [-0.3, -0.25) is 4.79 Å². The number of carbonyl (C=O) groups excluding carboxylic acids is 1. The van der Waals surface area contributed by atoms with Crippen molar-refractivity contribution in [3.05, 3.63) is 59.2 Å². The first kappa shape index (κ1) is 18.0. The van der Waals surface area contributed by atoms with Gasteiger partial charge in [0.2, 0.25) is 0 Å². The number of benzene rings is 1. The van der Waals surface area contributed by atoms with Gasteiger partial charge in [0.15, 0.2) is 15.0 Å². The minimum absolute atomic E-state index is 0.196. The van der Waals surface area contributed by atoms with Crippen molar-refractivity contribution in [3.63, 3.8) is 0 Å². The lowest BCUT2D eigenvalue weighted by atomic mass is 10.3. The van der Waals surface area contributed by atoms with Gasteiger partial charge in [-0.2, -0.15) is 0 Å². The van der Waals surface area contributed by atoms with Crippen molar-refractivity contribution < 1.29 is 13.2 Å². The Balaban J connectivity index is 1.68. The minimum Gasteiger partial charge on any atom is -0.321 e. The van der Waals surface area contributed by atoms with Gasteiger partial charge in [-0.25, -0.2) is 18.4 Å². The molecule has 7 nitrogen and oxygen atoms in total. The smallest absolute Gasteiger partial charge is 0.275 e. The maximum atomic E-state index is 12.3. The van der Waals surface area contributed by atoms with Crippen LogP contribution in [-0.2, 0) is 9.84 Å². The first-order valence-electron chi connectivity index (χ1n) is 7.59. The van der Waals surface area contributed by atoms with Crippen molar-refractivity contribution >= 4 is 43.7 Å². The number of amides is 1. The second-order valence-corrected chi connectivity index (χ2v) is 8.45. The molecule has 2 aromatic heterocycles. The molecular weight excluding hydrogens is 372 g/mol. The van der Waals surface area contributed by atoms with Crippen molar-refractivity contribution in [2.24, 2.45) is 0 Å². The number of thiazole rings is 1. The number of hydrogen-bond acceptors (Lipinski definition) is 7. The average Bonchev–Trinajstić information content (AvgIpc) is 3.03. The lowest BCUT2D eigenvalue weighted by Crippen LogP contribution is -2.12. The highest BCUT2D eigenvalue weighted by Gasteiger charge is 2.12. The first-order valence-corrected chi connectivity index (χ1v) is 10.4. The molecule has 0 saturated heterocycles. The summed E-state index contributed by atoms with van der Waals surface area (Å²) in [4.78, 5) is 21.1. The molecule has 0 aliphatic rings. The molecule has 2 N–H and O–H groups in total. The highest BCUT2D eigenvalue weighted by atomic mass is 32.2. The molecule has 9 heteroatoms. The highest BCUT2D eigenvalue weighted by Crippen LogP contribution is 2.21. The Bertz CT molecular complexity index is 1040. The lowest BCUT2D eigenvalue weighted by molar-refractivity contribution is 0.102. The Morgan fingerprint density at radius 2 is 1.81 bits per heavy atom. The standard InChI is InChI=1S/C17H16N4O3S2/c1-11-4-3-5-15(18-11)21-17-20-14(10-25-17)16(22)19-12-6-8-13(9-7-12)26(2,23)24/h3-10H,1-2H3,(H,19,22)(H,18,20,21). The van der Waals surface area contributed by atoms with Crippen LogP contribution in [0.3, 0.4) is 0 Å². The number of sulfone groups is 1. The Morgan fingerprint density at radius 1 is 1.08 bits per heavy atom. The molecule has 1 aromatic carbocycles. The molecule has 0 aliphatic carbocycles. The Labute approximate surface area is 155 Å². The van der Waals surface area contributed by atoms with E-state index < -0.39 is 9.84 Å². The molecular formula is C17H16N4O3S2. The van der Waals surface area contributed by atoms with Crippen molar-refractivity contribution in [2.75, 3.05) is 16.9 Å².